The van der Waals surface area contributed by atoms with Crippen LogP contribution < -0.4 is 14.9 Å². The topological polar surface area (TPSA) is 258 Å². The lowest BCUT2D eigenvalue weighted by Crippen LogP contribution is -2.61. The van der Waals surface area contributed by atoms with Crippen molar-refractivity contribution >= 4 is 11.0 Å². The first kappa shape index (κ1) is 31.7. The van der Waals surface area contributed by atoms with Gasteiger partial charge in [-0.25, -0.2) is 0 Å². The molecule has 0 saturated carbocycles. The van der Waals surface area contributed by atoms with E-state index in [0.717, 1.165) is 12.1 Å². The molecule has 2 fully saturated rings. The average molecular weight is 625 g/mol. The SMILES string of the molecule is COc1cc(-c2oc3cc(O)cc(O)c3c(=O)c2O[C@@H]2O[C@H](CO[C@@H]3O[C@H](C)[C@@H](O)[C@@H](O)[C@H]3O)[C@@H](O)[C@H](O)[C@H]2O)ccc1O. The van der Waals surface area contributed by atoms with Crippen LogP contribution >= 0.6 is 0 Å². The van der Waals surface area contributed by atoms with E-state index in [9.17, 15) is 50.8 Å². The fourth-order valence-electron chi connectivity index (χ4n) is 4.99. The van der Waals surface area contributed by atoms with Gasteiger partial charge in [-0.2, -0.15) is 0 Å². The minimum absolute atomic E-state index is 0.0151. The smallest absolute Gasteiger partial charge is 0.239 e. The molecular formula is C28H32O16. The van der Waals surface area contributed by atoms with E-state index in [-0.39, 0.29) is 28.4 Å². The lowest BCUT2D eigenvalue weighted by atomic mass is 9.98. The molecular weight excluding hydrogens is 592 g/mol. The maximum atomic E-state index is 13.7. The van der Waals surface area contributed by atoms with Crippen LogP contribution in [0.3, 0.4) is 0 Å². The van der Waals surface area contributed by atoms with E-state index in [1.165, 1.54) is 32.2 Å². The maximum absolute atomic E-state index is 13.7. The molecule has 0 unspecified atom stereocenters. The molecule has 1 aromatic heterocycles. The van der Waals surface area contributed by atoms with Crippen molar-refractivity contribution in [2.75, 3.05) is 13.7 Å². The molecule has 10 atom stereocenters. The maximum Gasteiger partial charge on any atom is 0.239 e. The molecule has 3 heterocycles. The van der Waals surface area contributed by atoms with E-state index in [0.29, 0.717) is 0 Å². The number of ether oxygens (including phenoxy) is 5. The highest BCUT2D eigenvalue weighted by atomic mass is 16.7. The van der Waals surface area contributed by atoms with Crippen LogP contribution in [0.5, 0.6) is 28.7 Å². The Bertz CT molecular complexity index is 1560. The number of phenolic OH excluding ortho intramolecular Hbond substituents is 3. The van der Waals surface area contributed by atoms with Gasteiger partial charge in [0.25, 0.3) is 0 Å². The Morgan fingerprint density at radius 2 is 1.48 bits per heavy atom. The molecule has 2 aliphatic heterocycles. The van der Waals surface area contributed by atoms with Gasteiger partial charge < -0.3 is 74.1 Å². The third-order valence-electron chi connectivity index (χ3n) is 7.50. The summed E-state index contributed by atoms with van der Waals surface area (Å²) in [6, 6.07) is 5.83. The van der Waals surface area contributed by atoms with Crippen LogP contribution in [0, 0.1) is 0 Å². The fourth-order valence-corrected chi connectivity index (χ4v) is 4.99. The largest absolute Gasteiger partial charge is 0.508 e. The number of aliphatic hydroxyl groups excluding tert-OH is 6. The van der Waals surface area contributed by atoms with Crippen LogP contribution in [0.25, 0.3) is 22.3 Å². The lowest BCUT2D eigenvalue weighted by molar-refractivity contribution is -0.318. The quantitative estimate of drug-likeness (QED) is 0.147. The molecule has 0 spiro atoms. The Morgan fingerprint density at radius 1 is 0.795 bits per heavy atom. The summed E-state index contributed by atoms with van der Waals surface area (Å²) in [6.07, 6.45) is -16.0. The van der Waals surface area contributed by atoms with Crippen LogP contribution in [-0.4, -0.2) is 121 Å². The third kappa shape index (κ3) is 5.74. The Hall–Kier alpha value is -3.71. The summed E-state index contributed by atoms with van der Waals surface area (Å²) in [5, 5.41) is 92.1. The third-order valence-corrected chi connectivity index (χ3v) is 7.50. The van der Waals surface area contributed by atoms with Crippen molar-refractivity contribution in [1.82, 2.24) is 0 Å². The summed E-state index contributed by atoms with van der Waals surface area (Å²) in [6.45, 7) is 0.845. The number of hydrogen-bond acceptors (Lipinski definition) is 16. The standard InChI is InChI=1S/C28H32O16/c1-9-18(32)21(35)23(37)27(41-9)40-8-16-19(33)22(36)24(38)28(43-16)44-26-20(34)17-13(31)6-11(29)7-15(17)42-25(26)10-3-4-12(30)14(5-10)39-2/h3-7,9,16,18-19,21-24,27-33,35-38H,8H2,1-2H3/t9-,16-,18-,19-,21-,22+,23-,24-,27-,28+/m1/s1. The second-order valence-electron chi connectivity index (χ2n) is 10.5. The number of rotatable bonds is 7. The Balaban J connectivity index is 1.49. The number of fused-ring (bicyclic) bond motifs is 1. The van der Waals surface area contributed by atoms with Gasteiger partial charge in [0.05, 0.1) is 19.8 Å². The highest BCUT2D eigenvalue weighted by Crippen LogP contribution is 2.39. The van der Waals surface area contributed by atoms with Crippen molar-refractivity contribution in [3.05, 3.63) is 40.6 Å². The molecule has 16 heteroatoms. The van der Waals surface area contributed by atoms with Crippen LogP contribution in [0.2, 0.25) is 0 Å². The van der Waals surface area contributed by atoms with Crippen LogP contribution in [0.15, 0.2) is 39.5 Å². The van der Waals surface area contributed by atoms with Crippen LogP contribution in [0.4, 0.5) is 0 Å². The Morgan fingerprint density at radius 3 is 2.18 bits per heavy atom. The molecule has 9 N–H and O–H groups in total. The molecule has 0 radical (unpaired) electrons. The minimum atomic E-state index is -1.94. The molecule has 5 rings (SSSR count). The minimum Gasteiger partial charge on any atom is -0.508 e. The summed E-state index contributed by atoms with van der Waals surface area (Å²) in [7, 11) is 1.28. The first-order valence-corrected chi connectivity index (χ1v) is 13.4. The van der Waals surface area contributed by atoms with E-state index in [1.54, 1.807) is 0 Å². The van der Waals surface area contributed by atoms with E-state index >= 15 is 0 Å². The molecule has 0 aliphatic carbocycles. The van der Waals surface area contributed by atoms with Gasteiger partial charge in [-0.3, -0.25) is 4.79 Å². The van der Waals surface area contributed by atoms with Gasteiger partial charge in [0, 0.05) is 17.7 Å². The van der Waals surface area contributed by atoms with Gasteiger partial charge in [-0.05, 0) is 25.1 Å². The Labute approximate surface area is 248 Å². The number of aromatic hydroxyl groups is 3. The summed E-state index contributed by atoms with van der Waals surface area (Å²) in [5.74, 6) is -2.28. The second kappa shape index (κ2) is 12.4. The number of benzene rings is 2. The highest BCUT2D eigenvalue weighted by molar-refractivity contribution is 5.88. The van der Waals surface area contributed by atoms with E-state index < -0.39 is 96.1 Å². The van der Waals surface area contributed by atoms with Gasteiger partial charge in [0.2, 0.25) is 17.5 Å². The highest BCUT2D eigenvalue weighted by Gasteiger charge is 2.47. The van der Waals surface area contributed by atoms with Gasteiger partial charge >= 0.3 is 0 Å². The predicted molar refractivity (Wildman–Crippen MR) is 145 cm³/mol. The average Bonchev–Trinajstić information content (AvgIpc) is 2.98. The zero-order valence-electron chi connectivity index (χ0n) is 23.3. The first-order chi connectivity index (χ1) is 20.8. The van der Waals surface area contributed by atoms with E-state index in [1.807, 2.05) is 0 Å². The van der Waals surface area contributed by atoms with Crippen molar-refractivity contribution in [3.8, 4) is 40.1 Å². The molecule has 2 aliphatic rings. The van der Waals surface area contributed by atoms with Gasteiger partial charge in [-0.1, -0.05) is 0 Å². The Kier molecular flexibility index (Phi) is 8.90. The molecule has 16 nitrogen and oxygen atoms in total. The first-order valence-electron chi connectivity index (χ1n) is 13.4. The van der Waals surface area contributed by atoms with Gasteiger partial charge in [-0.15, -0.1) is 0 Å². The molecule has 0 amide bonds. The number of hydrogen-bond donors (Lipinski definition) is 9. The summed E-state index contributed by atoms with van der Waals surface area (Å²) >= 11 is 0. The molecule has 240 valence electrons. The molecule has 2 saturated heterocycles. The zero-order chi connectivity index (χ0) is 32.0. The lowest BCUT2D eigenvalue weighted by Gasteiger charge is -2.42. The van der Waals surface area contributed by atoms with Crippen molar-refractivity contribution in [3.63, 3.8) is 0 Å². The summed E-state index contributed by atoms with van der Waals surface area (Å²) < 4.78 is 33.2. The molecule has 0 bridgehead atoms. The fraction of sp³-hybridized carbons (Fsp3) is 0.464. The predicted octanol–water partition coefficient (Wildman–Crippen LogP) is -1.38. The molecule has 3 aromatic rings. The van der Waals surface area contributed by atoms with Gasteiger partial charge in [0.15, 0.2) is 23.5 Å². The molecule has 44 heavy (non-hydrogen) atoms. The molecule has 2 aromatic carbocycles. The normalized spacial score (nSPS) is 32.5. The number of aliphatic hydroxyl groups is 6. The van der Waals surface area contributed by atoms with E-state index in [4.69, 9.17) is 28.1 Å². The summed E-state index contributed by atoms with van der Waals surface area (Å²) in [5.41, 5.74) is -1.11. The number of phenols is 3. The summed E-state index contributed by atoms with van der Waals surface area (Å²) in [4.78, 5) is 13.7. The second-order valence-corrected chi connectivity index (χ2v) is 10.5. The van der Waals surface area contributed by atoms with Crippen LogP contribution in [-0.2, 0) is 14.2 Å². The zero-order valence-corrected chi connectivity index (χ0v) is 23.3. The van der Waals surface area contributed by atoms with Gasteiger partial charge in [0.1, 0.15) is 65.2 Å². The number of methoxy groups -OCH3 is 1. The van der Waals surface area contributed by atoms with Crippen molar-refractivity contribution in [1.29, 1.82) is 0 Å². The van der Waals surface area contributed by atoms with Crippen molar-refractivity contribution in [2.45, 2.75) is 68.3 Å². The van der Waals surface area contributed by atoms with E-state index in [2.05, 4.69) is 0 Å². The van der Waals surface area contributed by atoms with Crippen molar-refractivity contribution < 1.29 is 74.1 Å². The van der Waals surface area contributed by atoms with Crippen LogP contribution in [0.1, 0.15) is 6.92 Å². The monoisotopic (exact) mass is 624 g/mol. The van der Waals surface area contributed by atoms with Crippen molar-refractivity contribution in [2.24, 2.45) is 0 Å².